The van der Waals surface area contributed by atoms with Crippen LogP contribution in [0.25, 0.3) is 0 Å². The minimum Gasteiger partial charge on any atom is -0.492 e. The van der Waals surface area contributed by atoms with Crippen LogP contribution in [0.2, 0.25) is 0 Å². The van der Waals surface area contributed by atoms with Gasteiger partial charge in [0.25, 0.3) is 5.91 Å². The van der Waals surface area contributed by atoms with E-state index in [4.69, 9.17) is 21.7 Å². The molecule has 1 aliphatic carbocycles. The lowest BCUT2D eigenvalue weighted by Gasteiger charge is -2.36. The Labute approximate surface area is 220 Å². The van der Waals surface area contributed by atoms with Crippen molar-refractivity contribution in [1.82, 2.24) is 15.5 Å². The number of esters is 1. The molecule has 0 radical (unpaired) electrons. The summed E-state index contributed by atoms with van der Waals surface area (Å²) in [4.78, 5) is 39.5. The lowest BCUT2D eigenvalue weighted by atomic mass is 9.98. The van der Waals surface area contributed by atoms with Crippen LogP contribution < -0.4 is 15.4 Å². The molecule has 10 heteroatoms. The third kappa shape index (κ3) is 8.17. The highest BCUT2D eigenvalue weighted by atomic mass is 79.9. The molecule has 1 atom stereocenters. The van der Waals surface area contributed by atoms with Crippen LogP contribution in [0.5, 0.6) is 5.75 Å². The molecule has 2 aliphatic rings. The van der Waals surface area contributed by atoms with Gasteiger partial charge in [-0.05, 0) is 84.4 Å². The average Bonchev–Trinajstić information content (AvgIpc) is 2.81. The zero-order valence-corrected chi connectivity index (χ0v) is 22.7. The molecular weight excluding hydrogens is 534 g/mol. The number of halogens is 1. The molecule has 2 N–H and O–H groups in total. The maximum atomic E-state index is 12.9. The summed E-state index contributed by atoms with van der Waals surface area (Å²) in [6.45, 7) is 5.61. The Kier molecular flexibility index (Phi) is 10.3. The number of ether oxygens (including phenoxy) is 2. The summed E-state index contributed by atoms with van der Waals surface area (Å²) in [5, 5.41) is 5.57. The van der Waals surface area contributed by atoms with Gasteiger partial charge in [-0.2, -0.15) is 0 Å². The van der Waals surface area contributed by atoms with Gasteiger partial charge in [-0.3, -0.25) is 19.7 Å². The van der Waals surface area contributed by atoms with Crippen LogP contribution in [-0.4, -0.2) is 59.6 Å². The molecule has 3 rings (SSSR count). The highest BCUT2D eigenvalue weighted by Crippen LogP contribution is 2.27. The molecule has 1 saturated carbocycles. The molecule has 1 aromatic carbocycles. The number of carbonyl (C=O) groups is 3. The summed E-state index contributed by atoms with van der Waals surface area (Å²) in [5.41, 5.74) is 0.394. The fourth-order valence-corrected chi connectivity index (χ4v) is 4.94. The first-order chi connectivity index (χ1) is 16.7. The highest BCUT2D eigenvalue weighted by molar-refractivity contribution is 9.10. The molecular formula is C25H34BrN3O5S. The van der Waals surface area contributed by atoms with Crippen LogP contribution in [-0.2, 0) is 14.3 Å². The summed E-state index contributed by atoms with van der Waals surface area (Å²) in [6.07, 6.45) is 5.70. The van der Waals surface area contributed by atoms with Crippen molar-refractivity contribution >= 4 is 51.0 Å². The smallest absolute Gasteiger partial charge is 0.308 e. The maximum absolute atomic E-state index is 12.9. The van der Waals surface area contributed by atoms with Crippen molar-refractivity contribution in [2.75, 3.05) is 19.7 Å². The van der Waals surface area contributed by atoms with Crippen molar-refractivity contribution in [3.8, 4) is 5.75 Å². The third-order valence-electron chi connectivity index (χ3n) is 6.17. The van der Waals surface area contributed by atoms with Gasteiger partial charge in [-0.1, -0.05) is 20.3 Å². The maximum Gasteiger partial charge on any atom is 0.308 e. The third-order valence-corrected chi connectivity index (χ3v) is 7.13. The van der Waals surface area contributed by atoms with E-state index in [0.29, 0.717) is 41.4 Å². The van der Waals surface area contributed by atoms with Crippen molar-refractivity contribution in [2.45, 2.75) is 70.9 Å². The minimum absolute atomic E-state index is 0.0845. The van der Waals surface area contributed by atoms with Crippen LogP contribution in [0, 0.1) is 5.92 Å². The number of hydrogen-bond acceptors (Lipinski definition) is 6. The van der Waals surface area contributed by atoms with E-state index in [-0.39, 0.29) is 23.5 Å². The van der Waals surface area contributed by atoms with Crippen LogP contribution in [0.1, 0.15) is 69.2 Å². The molecule has 0 aromatic heterocycles. The molecule has 2 fully saturated rings. The molecule has 1 unspecified atom stereocenters. The van der Waals surface area contributed by atoms with Crippen LogP contribution >= 0.6 is 28.1 Å². The first kappa shape index (κ1) is 27.4. The molecule has 0 spiro atoms. The Hall–Kier alpha value is -2.20. The number of hydrogen-bond donors (Lipinski definition) is 2. The lowest BCUT2D eigenvalue weighted by Crippen LogP contribution is -2.60. The fraction of sp³-hybridized carbons (Fsp3) is 0.600. The number of amides is 2. The van der Waals surface area contributed by atoms with Gasteiger partial charge in [-0.25, -0.2) is 0 Å². The van der Waals surface area contributed by atoms with E-state index < -0.39 is 17.9 Å². The number of thiocarbonyl (C=S) groups is 1. The lowest BCUT2D eigenvalue weighted by molar-refractivity contribution is -0.153. The van der Waals surface area contributed by atoms with Crippen molar-refractivity contribution in [3.63, 3.8) is 0 Å². The van der Waals surface area contributed by atoms with Crippen molar-refractivity contribution in [2.24, 2.45) is 5.92 Å². The Morgan fingerprint density at radius 3 is 2.69 bits per heavy atom. The second-order valence-corrected chi connectivity index (χ2v) is 10.6. The fourth-order valence-electron chi connectivity index (χ4n) is 4.14. The van der Waals surface area contributed by atoms with Crippen LogP contribution in [0.3, 0.4) is 0 Å². The van der Waals surface area contributed by atoms with Gasteiger partial charge in [0.2, 0.25) is 5.91 Å². The number of piperazine rings is 1. The van der Waals surface area contributed by atoms with E-state index in [9.17, 15) is 14.4 Å². The zero-order valence-electron chi connectivity index (χ0n) is 20.3. The number of carbonyl (C=O) groups excluding carboxylic acids is 3. The zero-order chi connectivity index (χ0) is 25.4. The van der Waals surface area contributed by atoms with E-state index >= 15 is 0 Å². The van der Waals surface area contributed by atoms with Gasteiger partial charge in [-0.15, -0.1) is 0 Å². The monoisotopic (exact) mass is 567 g/mol. The quantitative estimate of drug-likeness (QED) is 0.362. The van der Waals surface area contributed by atoms with Crippen LogP contribution in [0.4, 0.5) is 0 Å². The number of rotatable bonds is 8. The molecule has 1 heterocycles. The van der Waals surface area contributed by atoms with Gasteiger partial charge in [0, 0.05) is 18.7 Å². The summed E-state index contributed by atoms with van der Waals surface area (Å²) in [6, 6.07) is 4.25. The largest absolute Gasteiger partial charge is 0.492 e. The number of benzene rings is 1. The second kappa shape index (κ2) is 13.2. The van der Waals surface area contributed by atoms with Crippen LogP contribution in [0.15, 0.2) is 22.7 Å². The van der Waals surface area contributed by atoms with E-state index in [1.165, 1.54) is 0 Å². The molecule has 0 bridgehead atoms. The first-order valence-corrected chi connectivity index (χ1v) is 13.5. The van der Waals surface area contributed by atoms with Gasteiger partial charge in [0.05, 0.1) is 17.5 Å². The SMILES string of the molecule is CC(C)CCOc1ccc(C(=O)NC(=S)N2CCNC(=O)C2CC(=O)OC2CCCCC2)cc1Br. The Bertz CT molecular complexity index is 936. The highest BCUT2D eigenvalue weighted by Gasteiger charge is 2.35. The van der Waals surface area contributed by atoms with E-state index in [1.807, 2.05) is 0 Å². The predicted octanol–water partition coefficient (Wildman–Crippen LogP) is 3.96. The van der Waals surface area contributed by atoms with Gasteiger partial charge < -0.3 is 19.7 Å². The molecule has 1 aromatic rings. The molecule has 1 saturated heterocycles. The normalized spacial score (nSPS) is 18.7. The summed E-state index contributed by atoms with van der Waals surface area (Å²) < 4.78 is 12.0. The van der Waals surface area contributed by atoms with E-state index in [1.54, 1.807) is 23.1 Å². The second-order valence-electron chi connectivity index (χ2n) is 9.39. The number of nitrogens with zero attached hydrogens (tertiary/aromatic N) is 1. The van der Waals surface area contributed by atoms with Crippen molar-refractivity contribution in [3.05, 3.63) is 28.2 Å². The van der Waals surface area contributed by atoms with Crippen molar-refractivity contribution < 1.29 is 23.9 Å². The van der Waals surface area contributed by atoms with Gasteiger partial charge in [0.15, 0.2) is 5.11 Å². The molecule has 1 aliphatic heterocycles. The summed E-state index contributed by atoms with van der Waals surface area (Å²) >= 11 is 8.92. The summed E-state index contributed by atoms with van der Waals surface area (Å²) in [7, 11) is 0. The van der Waals surface area contributed by atoms with Gasteiger partial charge in [0.1, 0.15) is 17.9 Å². The Morgan fingerprint density at radius 1 is 1.26 bits per heavy atom. The van der Waals surface area contributed by atoms with Gasteiger partial charge >= 0.3 is 5.97 Å². The molecule has 192 valence electrons. The molecule has 8 nitrogen and oxygen atoms in total. The number of nitrogens with one attached hydrogen (secondary N) is 2. The molecule has 2 amide bonds. The Balaban J connectivity index is 1.59. The minimum atomic E-state index is -0.823. The van der Waals surface area contributed by atoms with Crippen molar-refractivity contribution in [1.29, 1.82) is 0 Å². The predicted molar refractivity (Wildman–Crippen MR) is 140 cm³/mol. The van der Waals surface area contributed by atoms with E-state index in [2.05, 4.69) is 40.4 Å². The Morgan fingerprint density at radius 2 is 2.00 bits per heavy atom. The average molecular weight is 569 g/mol. The molecule has 35 heavy (non-hydrogen) atoms. The van der Waals surface area contributed by atoms with E-state index in [0.717, 1.165) is 38.5 Å². The standard InChI is InChI=1S/C25H34BrN3O5S/c1-16(2)10-13-33-21-9-8-17(14-19(21)26)23(31)28-25(35)29-12-11-27-24(32)20(29)15-22(30)34-18-6-4-3-5-7-18/h8-9,14,16,18,20H,3-7,10-13,15H2,1-2H3,(H,27,32)(H,28,31,35). The first-order valence-electron chi connectivity index (χ1n) is 12.3. The summed E-state index contributed by atoms with van der Waals surface area (Å²) in [5.74, 6) is 0.0664. The topological polar surface area (TPSA) is 97.0 Å².